The summed E-state index contributed by atoms with van der Waals surface area (Å²) in [7, 11) is 0. The number of carbonyl (C=O) groups is 1. The van der Waals surface area contributed by atoms with Crippen molar-refractivity contribution in [1.29, 1.82) is 0 Å². The molecule has 1 rings (SSSR count). The van der Waals surface area contributed by atoms with Crippen molar-refractivity contribution in [2.45, 2.75) is 6.04 Å². The summed E-state index contributed by atoms with van der Waals surface area (Å²) in [6, 6.07) is 3.58. The summed E-state index contributed by atoms with van der Waals surface area (Å²) in [5.74, 6) is -0.0148. The van der Waals surface area contributed by atoms with Crippen molar-refractivity contribution in [2.24, 2.45) is 5.73 Å². The maximum atomic E-state index is 10.3. The number of rotatable bonds is 2. The van der Waals surface area contributed by atoms with Gasteiger partial charge in [-0.2, -0.15) is 0 Å². The van der Waals surface area contributed by atoms with E-state index in [9.17, 15) is 9.90 Å². The van der Waals surface area contributed by atoms with Gasteiger partial charge in [0, 0.05) is 10.6 Å². The minimum atomic E-state index is -0.816. The SMILES string of the molecule is NC(C=O)c1cc(Cl)ccc1O. The first-order chi connectivity index (χ1) is 5.65. The number of hydrogen-bond donors (Lipinski definition) is 2. The third-order valence-corrected chi connectivity index (χ3v) is 1.73. The summed E-state index contributed by atoms with van der Waals surface area (Å²) in [5.41, 5.74) is 5.72. The fourth-order valence-electron chi connectivity index (χ4n) is 0.866. The van der Waals surface area contributed by atoms with Crippen LogP contribution in [-0.2, 0) is 4.79 Å². The molecule has 1 atom stereocenters. The number of phenolic OH excluding ortho intramolecular Hbond substituents is 1. The molecule has 1 aromatic rings. The summed E-state index contributed by atoms with van der Waals surface area (Å²) < 4.78 is 0. The van der Waals surface area contributed by atoms with E-state index in [0.29, 0.717) is 16.9 Å². The van der Waals surface area contributed by atoms with E-state index in [1.54, 1.807) is 0 Å². The van der Waals surface area contributed by atoms with Gasteiger partial charge in [0.2, 0.25) is 0 Å². The smallest absolute Gasteiger partial charge is 0.141 e. The number of nitrogens with two attached hydrogens (primary N) is 1. The van der Waals surface area contributed by atoms with Gasteiger partial charge in [-0.05, 0) is 18.2 Å². The van der Waals surface area contributed by atoms with E-state index < -0.39 is 6.04 Å². The lowest BCUT2D eigenvalue weighted by Crippen LogP contribution is -2.11. The number of halogens is 1. The number of aldehydes is 1. The second-order valence-electron chi connectivity index (χ2n) is 2.37. The number of aromatic hydroxyl groups is 1. The lowest BCUT2D eigenvalue weighted by molar-refractivity contribution is -0.109. The standard InChI is InChI=1S/C8H8ClNO2/c9-5-1-2-8(12)6(3-5)7(10)4-11/h1-4,7,12H,10H2. The Balaban J connectivity index is 3.12. The van der Waals surface area contributed by atoms with Crippen LogP contribution >= 0.6 is 11.6 Å². The fraction of sp³-hybridized carbons (Fsp3) is 0.125. The molecule has 1 unspecified atom stereocenters. The van der Waals surface area contributed by atoms with Crippen LogP contribution < -0.4 is 5.73 Å². The van der Waals surface area contributed by atoms with Gasteiger partial charge in [-0.15, -0.1) is 0 Å². The third kappa shape index (κ3) is 1.75. The molecule has 0 saturated carbocycles. The van der Waals surface area contributed by atoms with Gasteiger partial charge in [-0.3, -0.25) is 0 Å². The van der Waals surface area contributed by atoms with Crippen LogP contribution in [0, 0.1) is 0 Å². The van der Waals surface area contributed by atoms with E-state index in [2.05, 4.69) is 0 Å². The molecule has 0 spiro atoms. The maximum Gasteiger partial charge on any atom is 0.141 e. The van der Waals surface area contributed by atoms with Crippen LogP contribution in [0.25, 0.3) is 0 Å². The predicted molar refractivity (Wildman–Crippen MR) is 46.1 cm³/mol. The highest BCUT2D eigenvalue weighted by molar-refractivity contribution is 6.30. The molecule has 3 N–H and O–H groups in total. The van der Waals surface area contributed by atoms with Gasteiger partial charge in [0.15, 0.2) is 0 Å². The van der Waals surface area contributed by atoms with E-state index in [1.165, 1.54) is 18.2 Å². The molecule has 1 aromatic carbocycles. The average molecular weight is 186 g/mol. The van der Waals surface area contributed by atoms with Gasteiger partial charge < -0.3 is 15.6 Å². The molecule has 12 heavy (non-hydrogen) atoms. The van der Waals surface area contributed by atoms with E-state index in [-0.39, 0.29) is 5.75 Å². The monoisotopic (exact) mass is 185 g/mol. The topological polar surface area (TPSA) is 63.3 Å². The molecular formula is C8H8ClNO2. The molecule has 0 aliphatic carbocycles. The largest absolute Gasteiger partial charge is 0.508 e. The van der Waals surface area contributed by atoms with Gasteiger partial charge in [0.1, 0.15) is 12.0 Å². The third-order valence-electron chi connectivity index (χ3n) is 1.50. The first-order valence-electron chi connectivity index (χ1n) is 3.34. The summed E-state index contributed by atoms with van der Waals surface area (Å²) in [4.78, 5) is 10.3. The van der Waals surface area contributed by atoms with Crippen LogP contribution in [0.2, 0.25) is 5.02 Å². The highest BCUT2D eigenvalue weighted by atomic mass is 35.5. The van der Waals surface area contributed by atoms with Crippen molar-refractivity contribution in [1.82, 2.24) is 0 Å². The molecule has 64 valence electrons. The molecule has 0 aromatic heterocycles. The van der Waals surface area contributed by atoms with Crippen molar-refractivity contribution >= 4 is 17.9 Å². The molecule has 0 aliphatic heterocycles. The van der Waals surface area contributed by atoms with Gasteiger partial charge in [0.05, 0.1) is 6.04 Å². The quantitative estimate of drug-likeness (QED) is 0.682. The lowest BCUT2D eigenvalue weighted by atomic mass is 10.1. The van der Waals surface area contributed by atoms with Crippen molar-refractivity contribution in [3.63, 3.8) is 0 Å². The van der Waals surface area contributed by atoms with Crippen LogP contribution in [0.4, 0.5) is 0 Å². The van der Waals surface area contributed by atoms with Crippen molar-refractivity contribution in [3.05, 3.63) is 28.8 Å². The number of benzene rings is 1. The van der Waals surface area contributed by atoms with E-state index in [1.807, 2.05) is 0 Å². The molecule has 0 radical (unpaired) electrons. The Hall–Kier alpha value is -1.06. The Kier molecular flexibility index (Phi) is 2.68. The van der Waals surface area contributed by atoms with Gasteiger partial charge in [-0.1, -0.05) is 11.6 Å². The molecule has 0 aliphatic rings. The van der Waals surface area contributed by atoms with Crippen molar-refractivity contribution < 1.29 is 9.90 Å². The molecule has 0 bridgehead atoms. The first-order valence-corrected chi connectivity index (χ1v) is 3.72. The summed E-state index contributed by atoms with van der Waals surface area (Å²) in [6.07, 6.45) is 0.547. The highest BCUT2D eigenvalue weighted by Crippen LogP contribution is 2.24. The zero-order valence-electron chi connectivity index (χ0n) is 6.20. The van der Waals surface area contributed by atoms with E-state index >= 15 is 0 Å². The zero-order valence-corrected chi connectivity index (χ0v) is 6.95. The second kappa shape index (κ2) is 3.56. The van der Waals surface area contributed by atoms with Crippen LogP contribution in [0.1, 0.15) is 11.6 Å². The molecular weight excluding hydrogens is 178 g/mol. The van der Waals surface area contributed by atoms with Crippen LogP contribution in [-0.4, -0.2) is 11.4 Å². The van der Waals surface area contributed by atoms with Crippen molar-refractivity contribution in [2.75, 3.05) is 0 Å². The van der Waals surface area contributed by atoms with Crippen LogP contribution in [0.3, 0.4) is 0 Å². The average Bonchev–Trinajstić information content (AvgIpc) is 2.08. The van der Waals surface area contributed by atoms with E-state index in [0.717, 1.165) is 0 Å². The first kappa shape index (κ1) is 9.03. The minimum absolute atomic E-state index is 0.0148. The number of phenols is 1. The maximum absolute atomic E-state index is 10.3. The summed E-state index contributed by atoms with van der Waals surface area (Å²) in [5, 5.41) is 9.68. The normalized spacial score (nSPS) is 12.5. The molecule has 0 saturated heterocycles. The Morgan fingerprint density at radius 2 is 2.25 bits per heavy atom. The minimum Gasteiger partial charge on any atom is -0.508 e. The van der Waals surface area contributed by atoms with E-state index in [4.69, 9.17) is 17.3 Å². The molecule has 0 fully saturated rings. The molecule has 0 amide bonds. The van der Waals surface area contributed by atoms with Crippen molar-refractivity contribution in [3.8, 4) is 5.75 Å². The molecule has 3 nitrogen and oxygen atoms in total. The van der Waals surface area contributed by atoms with Gasteiger partial charge in [-0.25, -0.2) is 0 Å². The molecule has 0 heterocycles. The zero-order chi connectivity index (χ0) is 9.14. The Morgan fingerprint density at radius 3 is 2.83 bits per heavy atom. The Labute approximate surface area is 74.8 Å². The Morgan fingerprint density at radius 1 is 1.58 bits per heavy atom. The van der Waals surface area contributed by atoms with Crippen LogP contribution in [0.5, 0.6) is 5.75 Å². The van der Waals surface area contributed by atoms with Gasteiger partial charge >= 0.3 is 0 Å². The van der Waals surface area contributed by atoms with Crippen LogP contribution in [0.15, 0.2) is 18.2 Å². The second-order valence-corrected chi connectivity index (χ2v) is 2.80. The predicted octanol–water partition coefficient (Wildman–Crippen LogP) is 1.24. The highest BCUT2D eigenvalue weighted by Gasteiger charge is 2.09. The summed E-state index contributed by atoms with van der Waals surface area (Å²) >= 11 is 5.64. The number of carbonyl (C=O) groups excluding carboxylic acids is 1. The van der Waals surface area contributed by atoms with Gasteiger partial charge in [0.25, 0.3) is 0 Å². The number of hydrogen-bond acceptors (Lipinski definition) is 3. The summed E-state index contributed by atoms with van der Waals surface area (Å²) in [6.45, 7) is 0. The fourth-order valence-corrected chi connectivity index (χ4v) is 1.05. The lowest BCUT2D eigenvalue weighted by Gasteiger charge is -2.06. The molecule has 4 heteroatoms. The Bertz CT molecular complexity index is 301.